The zero-order valence-corrected chi connectivity index (χ0v) is 25.2. The molecule has 0 saturated heterocycles. The monoisotopic (exact) mass is 571 g/mol. The fraction of sp³-hybridized carbons (Fsp3) is 0.0682. The molecule has 0 spiro atoms. The molecule has 45 heavy (non-hydrogen) atoms. The zero-order valence-electron chi connectivity index (χ0n) is 25.2. The molecule has 1 aliphatic rings. The summed E-state index contributed by atoms with van der Waals surface area (Å²) < 4.78 is 0. The number of hydrogen-bond acceptors (Lipinski definition) is 1. The summed E-state index contributed by atoms with van der Waals surface area (Å²) in [7, 11) is 0. The third kappa shape index (κ3) is 3.67. The lowest BCUT2D eigenvalue weighted by molar-refractivity contribution is 0.660. The maximum atomic E-state index is 9.60. The summed E-state index contributed by atoms with van der Waals surface area (Å²) in [6, 6.07) is 53.3. The summed E-state index contributed by atoms with van der Waals surface area (Å²) >= 11 is 0. The molecule has 8 aromatic rings. The molecule has 0 bridgehead atoms. The van der Waals surface area contributed by atoms with Crippen molar-refractivity contribution in [2.24, 2.45) is 0 Å². The van der Waals surface area contributed by atoms with E-state index in [1.165, 1.54) is 87.6 Å². The maximum absolute atomic E-state index is 9.60. The Morgan fingerprint density at radius 3 is 1.58 bits per heavy atom. The molecule has 0 saturated carbocycles. The Morgan fingerprint density at radius 1 is 0.444 bits per heavy atom. The highest BCUT2D eigenvalue weighted by Crippen LogP contribution is 2.51. The van der Waals surface area contributed by atoms with Crippen molar-refractivity contribution in [1.29, 1.82) is 5.26 Å². The van der Waals surface area contributed by atoms with Crippen LogP contribution in [-0.4, -0.2) is 0 Å². The van der Waals surface area contributed by atoms with Gasteiger partial charge < -0.3 is 0 Å². The molecule has 8 aromatic carbocycles. The zero-order chi connectivity index (χ0) is 30.3. The molecule has 1 aliphatic carbocycles. The van der Waals surface area contributed by atoms with Crippen LogP contribution in [-0.2, 0) is 5.41 Å². The second kappa shape index (κ2) is 9.39. The van der Waals surface area contributed by atoms with Crippen molar-refractivity contribution in [2.45, 2.75) is 19.3 Å². The van der Waals surface area contributed by atoms with Gasteiger partial charge in [0.25, 0.3) is 0 Å². The van der Waals surface area contributed by atoms with Crippen LogP contribution in [0.25, 0.3) is 76.5 Å². The van der Waals surface area contributed by atoms with E-state index >= 15 is 0 Å². The van der Waals surface area contributed by atoms with Crippen molar-refractivity contribution in [1.82, 2.24) is 0 Å². The summed E-state index contributed by atoms with van der Waals surface area (Å²) in [5, 5.41) is 19.7. The third-order valence-electron chi connectivity index (χ3n) is 10.1. The fourth-order valence-corrected chi connectivity index (χ4v) is 7.88. The van der Waals surface area contributed by atoms with Crippen LogP contribution in [0.4, 0.5) is 0 Å². The number of hydrogen-bond donors (Lipinski definition) is 0. The normalized spacial score (nSPS) is 13.3. The summed E-state index contributed by atoms with van der Waals surface area (Å²) in [5.41, 5.74) is 10.5. The molecule has 0 N–H and O–H groups in total. The Labute approximate surface area is 262 Å². The first-order chi connectivity index (χ1) is 22.0. The average molecular weight is 572 g/mol. The molecule has 0 radical (unpaired) electrons. The van der Waals surface area contributed by atoms with E-state index in [2.05, 4.69) is 153 Å². The van der Waals surface area contributed by atoms with Gasteiger partial charge in [0.1, 0.15) is 0 Å². The SMILES string of the molecule is CC1(C)c2cc(C#N)ccc2-c2ccc(-c3c4ccccc4c(-c4ccc5c(ccc6ccccc65)c4)c4ccccc34)cc21. The van der Waals surface area contributed by atoms with Gasteiger partial charge in [-0.2, -0.15) is 5.26 Å². The van der Waals surface area contributed by atoms with Crippen molar-refractivity contribution in [3.63, 3.8) is 0 Å². The predicted molar refractivity (Wildman–Crippen MR) is 190 cm³/mol. The van der Waals surface area contributed by atoms with Gasteiger partial charge in [0.05, 0.1) is 11.6 Å². The number of fused-ring (bicyclic) bond motifs is 8. The summed E-state index contributed by atoms with van der Waals surface area (Å²) in [6.07, 6.45) is 0. The van der Waals surface area contributed by atoms with E-state index in [4.69, 9.17) is 0 Å². The molecule has 1 nitrogen and oxygen atoms in total. The van der Waals surface area contributed by atoms with Crippen LogP contribution in [0.5, 0.6) is 0 Å². The van der Waals surface area contributed by atoms with Gasteiger partial charge in [-0.1, -0.05) is 129 Å². The minimum absolute atomic E-state index is 0.200. The second-order valence-corrected chi connectivity index (χ2v) is 12.8. The van der Waals surface area contributed by atoms with E-state index in [9.17, 15) is 5.26 Å². The van der Waals surface area contributed by atoms with Crippen LogP contribution >= 0.6 is 0 Å². The van der Waals surface area contributed by atoms with E-state index < -0.39 is 0 Å². The molecule has 9 rings (SSSR count). The first kappa shape index (κ1) is 25.8. The highest BCUT2D eigenvalue weighted by molar-refractivity contribution is 6.22. The van der Waals surface area contributed by atoms with Gasteiger partial charge in [-0.05, 0) is 112 Å². The van der Waals surface area contributed by atoms with Crippen LogP contribution in [0.2, 0.25) is 0 Å². The molecular formula is C44H29N. The highest BCUT2D eigenvalue weighted by atomic mass is 14.4. The Kier molecular flexibility index (Phi) is 5.38. The second-order valence-electron chi connectivity index (χ2n) is 12.8. The molecule has 0 fully saturated rings. The first-order valence-electron chi connectivity index (χ1n) is 15.6. The molecule has 210 valence electrons. The Hall–Kier alpha value is -5.71. The van der Waals surface area contributed by atoms with E-state index in [0.717, 1.165) is 0 Å². The lowest BCUT2D eigenvalue weighted by Gasteiger charge is -2.23. The van der Waals surface area contributed by atoms with Crippen molar-refractivity contribution < 1.29 is 0 Å². The standard InChI is InChI=1S/C44H29N/c1-44(2)40-23-27(26-45)15-20-34(40)35-22-19-31(25-41(35)44)43-38-13-7-5-11-36(38)42(37-12-6-8-14-39(37)43)30-18-21-33-29(24-30)17-16-28-9-3-4-10-32(28)33/h3-25H,1-2H3. The maximum Gasteiger partial charge on any atom is 0.0991 e. The van der Waals surface area contributed by atoms with Crippen LogP contribution in [0.3, 0.4) is 0 Å². The number of benzene rings is 8. The molecule has 0 aliphatic heterocycles. The van der Waals surface area contributed by atoms with E-state index in [-0.39, 0.29) is 5.41 Å². The topological polar surface area (TPSA) is 23.8 Å². The number of nitriles is 1. The van der Waals surface area contributed by atoms with Gasteiger partial charge in [0, 0.05) is 5.41 Å². The minimum atomic E-state index is -0.200. The highest BCUT2D eigenvalue weighted by Gasteiger charge is 2.36. The van der Waals surface area contributed by atoms with Gasteiger partial charge in [-0.15, -0.1) is 0 Å². The van der Waals surface area contributed by atoms with Gasteiger partial charge >= 0.3 is 0 Å². The molecule has 0 atom stereocenters. The van der Waals surface area contributed by atoms with Crippen molar-refractivity contribution in [3.8, 4) is 39.4 Å². The number of nitrogens with zero attached hydrogens (tertiary/aromatic N) is 1. The van der Waals surface area contributed by atoms with Crippen LogP contribution in [0.1, 0.15) is 30.5 Å². The van der Waals surface area contributed by atoms with Crippen LogP contribution in [0, 0.1) is 11.3 Å². The minimum Gasteiger partial charge on any atom is -0.192 e. The molecule has 0 heterocycles. The average Bonchev–Trinajstić information content (AvgIpc) is 3.31. The van der Waals surface area contributed by atoms with Gasteiger partial charge in [0.2, 0.25) is 0 Å². The molecular weight excluding hydrogens is 542 g/mol. The summed E-state index contributed by atoms with van der Waals surface area (Å²) in [4.78, 5) is 0. The molecule has 0 aromatic heterocycles. The molecule has 0 unspecified atom stereocenters. The Morgan fingerprint density at radius 2 is 0.933 bits per heavy atom. The third-order valence-corrected chi connectivity index (χ3v) is 10.1. The Balaban J connectivity index is 1.30. The Bertz CT molecular complexity index is 2520. The van der Waals surface area contributed by atoms with Gasteiger partial charge in [-0.25, -0.2) is 0 Å². The summed E-state index contributed by atoms with van der Waals surface area (Å²) in [5.74, 6) is 0. The van der Waals surface area contributed by atoms with Crippen molar-refractivity contribution in [2.75, 3.05) is 0 Å². The van der Waals surface area contributed by atoms with E-state index in [1.54, 1.807) is 0 Å². The number of rotatable bonds is 2. The van der Waals surface area contributed by atoms with Crippen molar-refractivity contribution in [3.05, 3.63) is 156 Å². The molecule has 1 heteroatoms. The van der Waals surface area contributed by atoms with Crippen LogP contribution < -0.4 is 0 Å². The lowest BCUT2D eigenvalue weighted by Crippen LogP contribution is -2.15. The molecule has 0 amide bonds. The summed E-state index contributed by atoms with van der Waals surface area (Å²) in [6.45, 7) is 4.57. The largest absolute Gasteiger partial charge is 0.192 e. The van der Waals surface area contributed by atoms with E-state index in [0.29, 0.717) is 5.56 Å². The lowest BCUT2D eigenvalue weighted by atomic mass is 9.80. The first-order valence-corrected chi connectivity index (χ1v) is 15.6. The quantitative estimate of drug-likeness (QED) is 0.150. The van der Waals surface area contributed by atoms with E-state index in [1.807, 2.05) is 6.07 Å². The fourth-order valence-electron chi connectivity index (χ4n) is 7.88. The predicted octanol–water partition coefficient (Wildman–Crippen LogP) is 11.8. The van der Waals surface area contributed by atoms with Gasteiger partial charge in [-0.3, -0.25) is 0 Å². The van der Waals surface area contributed by atoms with Crippen LogP contribution in [0.15, 0.2) is 140 Å². The van der Waals surface area contributed by atoms with Gasteiger partial charge in [0.15, 0.2) is 0 Å². The van der Waals surface area contributed by atoms with Crippen molar-refractivity contribution >= 4 is 43.1 Å². The smallest absolute Gasteiger partial charge is 0.0991 e.